The highest BCUT2D eigenvalue weighted by atomic mass is 32.1. The molecule has 0 aliphatic rings. The number of nitrogens with zero attached hydrogens (tertiary/aromatic N) is 1. The minimum atomic E-state index is -1.16. The van der Waals surface area contributed by atoms with E-state index in [1.165, 1.54) is 19.9 Å². The number of hydrogen-bond donors (Lipinski definition) is 1. The van der Waals surface area contributed by atoms with Crippen LogP contribution in [0.15, 0.2) is 23.1 Å². The molecule has 112 valence electrons. The lowest BCUT2D eigenvalue weighted by molar-refractivity contribution is 0.0693. The van der Waals surface area contributed by atoms with Crippen molar-refractivity contribution in [1.82, 2.24) is 4.57 Å². The van der Waals surface area contributed by atoms with Crippen LogP contribution < -0.4 is 5.56 Å². The van der Waals surface area contributed by atoms with Gasteiger partial charge in [-0.05, 0) is 51.0 Å². The SMILES string of the molecule is Cc1cc(CC(C)n2ccc(C)c(C(=O)O)c2=O)sc1C. The number of aryl methyl sites for hydroxylation is 3. The van der Waals surface area contributed by atoms with Crippen molar-refractivity contribution < 1.29 is 9.90 Å². The van der Waals surface area contributed by atoms with Crippen molar-refractivity contribution in [2.45, 2.75) is 40.2 Å². The van der Waals surface area contributed by atoms with E-state index in [1.807, 2.05) is 6.92 Å². The third-order valence-corrected chi connectivity index (χ3v) is 4.91. The van der Waals surface area contributed by atoms with Gasteiger partial charge in [-0.2, -0.15) is 0 Å². The molecule has 2 rings (SSSR count). The van der Waals surface area contributed by atoms with Crippen LogP contribution in [0.5, 0.6) is 0 Å². The minimum absolute atomic E-state index is 0.0753. The summed E-state index contributed by atoms with van der Waals surface area (Å²) in [5.41, 5.74) is 1.19. The first kappa shape index (κ1) is 15.5. The average Bonchev–Trinajstić information content (AvgIpc) is 2.67. The number of carboxylic acids is 1. The normalized spacial score (nSPS) is 12.4. The van der Waals surface area contributed by atoms with Crippen molar-refractivity contribution in [2.24, 2.45) is 0 Å². The Hall–Kier alpha value is -1.88. The van der Waals surface area contributed by atoms with Crippen LogP contribution in [0.25, 0.3) is 0 Å². The maximum absolute atomic E-state index is 12.3. The van der Waals surface area contributed by atoms with Crippen molar-refractivity contribution in [3.05, 3.63) is 55.1 Å². The molecular weight excluding hydrogens is 286 g/mol. The first-order chi connectivity index (χ1) is 9.81. The van der Waals surface area contributed by atoms with Gasteiger partial charge in [-0.25, -0.2) is 4.79 Å². The van der Waals surface area contributed by atoms with Crippen LogP contribution in [0.2, 0.25) is 0 Å². The molecule has 0 aliphatic carbocycles. The average molecular weight is 305 g/mol. The van der Waals surface area contributed by atoms with Gasteiger partial charge < -0.3 is 9.67 Å². The maximum Gasteiger partial charge on any atom is 0.341 e. The van der Waals surface area contributed by atoms with Crippen LogP contribution in [0, 0.1) is 20.8 Å². The van der Waals surface area contributed by atoms with E-state index in [-0.39, 0.29) is 11.6 Å². The molecule has 0 amide bonds. The van der Waals surface area contributed by atoms with E-state index in [2.05, 4.69) is 19.9 Å². The molecule has 0 bridgehead atoms. The summed E-state index contributed by atoms with van der Waals surface area (Å²) in [7, 11) is 0. The van der Waals surface area contributed by atoms with E-state index in [0.717, 1.165) is 6.42 Å². The second kappa shape index (κ2) is 5.85. The van der Waals surface area contributed by atoms with Crippen LogP contribution in [-0.2, 0) is 6.42 Å². The molecule has 0 aromatic carbocycles. The summed E-state index contributed by atoms with van der Waals surface area (Å²) in [6, 6.07) is 3.74. The summed E-state index contributed by atoms with van der Waals surface area (Å²) in [6.07, 6.45) is 2.41. The number of aromatic carboxylic acids is 1. The van der Waals surface area contributed by atoms with Crippen molar-refractivity contribution >= 4 is 17.3 Å². The highest BCUT2D eigenvalue weighted by Crippen LogP contribution is 2.24. The fourth-order valence-corrected chi connectivity index (χ4v) is 3.56. The summed E-state index contributed by atoms with van der Waals surface area (Å²) < 4.78 is 1.51. The predicted octanol–water partition coefficient (Wildman–Crippen LogP) is 3.34. The molecule has 1 atom stereocenters. The molecule has 2 aromatic rings. The highest BCUT2D eigenvalue weighted by Gasteiger charge is 2.17. The molecule has 0 aliphatic heterocycles. The highest BCUT2D eigenvalue weighted by molar-refractivity contribution is 7.12. The molecule has 4 nitrogen and oxygen atoms in total. The second-order valence-corrected chi connectivity index (χ2v) is 6.74. The molecule has 2 aromatic heterocycles. The summed E-state index contributed by atoms with van der Waals surface area (Å²) in [5, 5.41) is 9.17. The maximum atomic E-state index is 12.3. The summed E-state index contributed by atoms with van der Waals surface area (Å²) in [6.45, 7) is 7.73. The molecule has 0 saturated heterocycles. The Morgan fingerprint density at radius 2 is 2.00 bits per heavy atom. The smallest absolute Gasteiger partial charge is 0.341 e. The Kier molecular flexibility index (Phi) is 4.32. The number of hydrogen-bond acceptors (Lipinski definition) is 3. The van der Waals surface area contributed by atoms with E-state index in [9.17, 15) is 14.7 Å². The van der Waals surface area contributed by atoms with Crippen molar-refractivity contribution in [3.8, 4) is 0 Å². The molecular formula is C16H19NO3S. The van der Waals surface area contributed by atoms with Gasteiger partial charge in [0.25, 0.3) is 5.56 Å². The van der Waals surface area contributed by atoms with Crippen molar-refractivity contribution in [3.63, 3.8) is 0 Å². The quantitative estimate of drug-likeness (QED) is 0.942. The summed E-state index contributed by atoms with van der Waals surface area (Å²) >= 11 is 1.73. The van der Waals surface area contributed by atoms with Crippen LogP contribution in [-0.4, -0.2) is 15.6 Å². The van der Waals surface area contributed by atoms with Crippen molar-refractivity contribution in [1.29, 1.82) is 0 Å². The monoisotopic (exact) mass is 305 g/mol. The first-order valence-corrected chi connectivity index (χ1v) is 7.64. The molecule has 0 radical (unpaired) electrons. The lowest BCUT2D eigenvalue weighted by Gasteiger charge is -2.15. The van der Waals surface area contributed by atoms with Crippen LogP contribution in [0.3, 0.4) is 0 Å². The fourth-order valence-electron chi connectivity index (χ4n) is 2.39. The van der Waals surface area contributed by atoms with Gasteiger partial charge in [-0.15, -0.1) is 11.3 Å². The standard InChI is InChI=1S/C16H19NO3S/c1-9-5-6-17(15(18)14(9)16(19)20)11(3)8-13-7-10(2)12(4)21-13/h5-7,11H,8H2,1-4H3,(H,19,20). The molecule has 1 N–H and O–H groups in total. The number of pyridine rings is 1. The predicted molar refractivity (Wildman–Crippen MR) is 84.6 cm³/mol. The molecule has 21 heavy (non-hydrogen) atoms. The van der Waals surface area contributed by atoms with Gasteiger partial charge in [0.05, 0.1) is 0 Å². The van der Waals surface area contributed by atoms with E-state index >= 15 is 0 Å². The second-order valence-electron chi connectivity index (χ2n) is 5.40. The van der Waals surface area contributed by atoms with Gasteiger partial charge >= 0.3 is 5.97 Å². The van der Waals surface area contributed by atoms with Gasteiger partial charge in [0, 0.05) is 28.4 Å². The van der Waals surface area contributed by atoms with Crippen LogP contribution in [0.1, 0.15) is 44.2 Å². The number of carboxylic acid groups (broad SMARTS) is 1. The molecule has 2 heterocycles. The van der Waals surface area contributed by atoms with E-state index < -0.39 is 11.5 Å². The minimum Gasteiger partial charge on any atom is -0.477 e. The topological polar surface area (TPSA) is 59.3 Å². The van der Waals surface area contributed by atoms with Crippen LogP contribution >= 0.6 is 11.3 Å². The molecule has 0 fully saturated rings. The Morgan fingerprint density at radius 3 is 2.52 bits per heavy atom. The third-order valence-electron chi connectivity index (χ3n) is 3.73. The number of aromatic nitrogens is 1. The Balaban J connectivity index is 2.36. The number of carbonyl (C=O) groups is 1. The van der Waals surface area contributed by atoms with E-state index in [0.29, 0.717) is 5.56 Å². The van der Waals surface area contributed by atoms with Gasteiger partial charge in [0.15, 0.2) is 0 Å². The van der Waals surface area contributed by atoms with Gasteiger partial charge in [-0.1, -0.05) is 0 Å². The molecule has 0 spiro atoms. The van der Waals surface area contributed by atoms with Crippen molar-refractivity contribution in [2.75, 3.05) is 0 Å². The fraction of sp³-hybridized carbons (Fsp3) is 0.375. The zero-order chi connectivity index (χ0) is 15.7. The van der Waals surface area contributed by atoms with Crippen LogP contribution in [0.4, 0.5) is 0 Å². The lowest BCUT2D eigenvalue weighted by Crippen LogP contribution is -2.29. The zero-order valence-electron chi connectivity index (χ0n) is 12.6. The number of thiophene rings is 1. The van der Waals surface area contributed by atoms with E-state index in [1.54, 1.807) is 30.5 Å². The zero-order valence-corrected chi connectivity index (χ0v) is 13.5. The first-order valence-electron chi connectivity index (χ1n) is 6.82. The van der Waals surface area contributed by atoms with Gasteiger partial charge in [-0.3, -0.25) is 4.79 Å². The van der Waals surface area contributed by atoms with E-state index in [4.69, 9.17) is 0 Å². The number of rotatable bonds is 4. The van der Waals surface area contributed by atoms with Gasteiger partial charge in [0.1, 0.15) is 5.56 Å². The Bertz CT molecular complexity index is 723. The summed E-state index contributed by atoms with van der Waals surface area (Å²) in [4.78, 5) is 26.0. The third kappa shape index (κ3) is 3.08. The summed E-state index contributed by atoms with van der Waals surface area (Å²) in [5.74, 6) is -1.16. The lowest BCUT2D eigenvalue weighted by atomic mass is 10.1. The Morgan fingerprint density at radius 1 is 1.33 bits per heavy atom. The molecule has 0 saturated carbocycles. The molecule has 1 unspecified atom stereocenters. The Labute approximate surface area is 127 Å². The van der Waals surface area contributed by atoms with Gasteiger partial charge in [0.2, 0.25) is 0 Å². The molecule has 5 heteroatoms. The largest absolute Gasteiger partial charge is 0.477 e.